The molecule has 2 aliphatic rings. The first-order valence-electron chi connectivity index (χ1n) is 10.6. The number of nitrogens with one attached hydrogen (secondary N) is 2. The third-order valence-corrected chi connectivity index (χ3v) is 6.11. The molecule has 10 heteroatoms. The number of hydrogen-bond donors (Lipinski definition) is 3. The molecule has 31 heavy (non-hydrogen) atoms. The largest absolute Gasteiger partial charge is 0.394 e. The summed E-state index contributed by atoms with van der Waals surface area (Å²) in [5.41, 5.74) is 2.23. The van der Waals surface area contributed by atoms with E-state index in [1.807, 2.05) is 22.9 Å². The highest BCUT2D eigenvalue weighted by Crippen LogP contribution is 2.39. The number of piperazine rings is 1. The van der Waals surface area contributed by atoms with Gasteiger partial charge in [0, 0.05) is 43.8 Å². The van der Waals surface area contributed by atoms with Crippen LogP contribution in [0.25, 0.3) is 11.0 Å². The number of rotatable bonds is 5. The van der Waals surface area contributed by atoms with Crippen molar-refractivity contribution in [1.82, 2.24) is 24.8 Å². The Balaban J connectivity index is 1.40. The van der Waals surface area contributed by atoms with Crippen molar-refractivity contribution >= 4 is 42.6 Å². The van der Waals surface area contributed by atoms with Gasteiger partial charge in [0.1, 0.15) is 11.5 Å². The van der Waals surface area contributed by atoms with E-state index in [9.17, 15) is 9.90 Å². The number of carbonyl (C=O) groups is 1. The van der Waals surface area contributed by atoms with Crippen molar-refractivity contribution in [3.8, 4) is 0 Å². The highest BCUT2D eigenvalue weighted by Gasteiger charge is 2.32. The molecule has 0 aromatic carbocycles. The second-order valence-corrected chi connectivity index (χ2v) is 8.15. The van der Waals surface area contributed by atoms with E-state index in [2.05, 4.69) is 30.5 Å². The summed E-state index contributed by atoms with van der Waals surface area (Å²) in [6.45, 7) is 3.87. The van der Waals surface area contributed by atoms with Crippen LogP contribution in [0.15, 0.2) is 30.6 Å². The van der Waals surface area contributed by atoms with Crippen LogP contribution in [0.4, 0.5) is 17.5 Å². The summed E-state index contributed by atoms with van der Waals surface area (Å²) in [6.07, 6.45) is 4.84. The van der Waals surface area contributed by atoms with Gasteiger partial charge < -0.3 is 25.2 Å². The molecule has 3 atom stereocenters. The lowest BCUT2D eigenvalue weighted by atomic mass is 9.84. The summed E-state index contributed by atoms with van der Waals surface area (Å²) in [4.78, 5) is 27.5. The Labute approximate surface area is 181 Å². The van der Waals surface area contributed by atoms with Gasteiger partial charge in [0.25, 0.3) is 0 Å². The summed E-state index contributed by atoms with van der Waals surface area (Å²) in [5.74, 6) is 0.736. The summed E-state index contributed by atoms with van der Waals surface area (Å²) >= 11 is 0. The lowest BCUT2D eigenvalue weighted by Crippen LogP contribution is -2.43. The van der Waals surface area contributed by atoms with Crippen LogP contribution < -0.4 is 15.5 Å². The van der Waals surface area contributed by atoms with Crippen molar-refractivity contribution in [2.24, 2.45) is 0 Å². The van der Waals surface area contributed by atoms with E-state index in [1.165, 1.54) is 0 Å². The van der Waals surface area contributed by atoms with Crippen LogP contribution in [0.5, 0.6) is 0 Å². The molecule has 1 aliphatic carbocycles. The molecule has 3 aromatic heterocycles. The van der Waals surface area contributed by atoms with E-state index in [1.54, 1.807) is 12.3 Å². The second kappa shape index (κ2) is 8.28. The number of fused-ring (bicyclic) bond motifs is 1. The van der Waals surface area contributed by atoms with Crippen LogP contribution in [-0.2, 0) is 0 Å². The van der Waals surface area contributed by atoms with Crippen molar-refractivity contribution in [1.29, 1.82) is 0 Å². The standard InChI is InChI=1S/C21H24BN7O2/c22-17-8-15(9-18(17)31)29-16(12-30)7-13-10-25-21(27-20(13)29)26-19-2-1-14(11-24-19)28-5-3-23-4-6-28/h1-2,7,10-12,15,17-18,23,31H,3-6,8-9H2,(H,24,25,26,27). The van der Waals surface area contributed by atoms with Gasteiger partial charge in [-0.1, -0.05) is 0 Å². The Morgan fingerprint density at radius 3 is 2.71 bits per heavy atom. The molecule has 0 amide bonds. The molecule has 1 aliphatic heterocycles. The number of aromatic nitrogens is 4. The minimum atomic E-state index is -0.584. The van der Waals surface area contributed by atoms with E-state index in [-0.39, 0.29) is 11.9 Å². The second-order valence-electron chi connectivity index (χ2n) is 8.15. The van der Waals surface area contributed by atoms with E-state index in [0.717, 1.165) is 43.5 Å². The molecule has 1 saturated heterocycles. The van der Waals surface area contributed by atoms with E-state index in [0.29, 0.717) is 35.9 Å². The molecule has 4 heterocycles. The topological polar surface area (TPSA) is 108 Å². The van der Waals surface area contributed by atoms with Crippen molar-refractivity contribution in [2.75, 3.05) is 36.4 Å². The number of anilines is 3. The molecular formula is C21H24BN7O2. The fourth-order valence-electron chi connectivity index (χ4n) is 4.48. The van der Waals surface area contributed by atoms with Gasteiger partial charge in [-0.05, 0) is 36.9 Å². The van der Waals surface area contributed by atoms with Gasteiger partial charge in [-0.25, -0.2) is 9.97 Å². The Morgan fingerprint density at radius 1 is 1.19 bits per heavy atom. The maximum absolute atomic E-state index is 11.7. The number of nitrogens with zero attached hydrogens (tertiary/aromatic N) is 5. The third kappa shape index (κ3) is 3.88. The molecule has 5 rings (SSSR count). The average molecular weight is 417 g/mol. The van der Waals surface area contributed by atoms with Crippen molar-refractivity contribution in [3.63, 3.8) is 0 Å². The molecule has 9 nitrogen and oxygen atoms in total. The van der Waals surface area contributed by atoms with Gasteiger partial charge in [-0.15, -0.1) is 0 Å². The number of hydrogen-bond acceptors (Lipinski definition) is 8. The molecule has 2 radical (unpaired) electrons. The number of aliphatic hydroxyl groups excluding tert-OH is 1. The fourth-order valence-corrected chi connectivity index (χ4v) is 4.48. The number of aliphatic hydroxyl groups is 1. The number of pyridine rings is 1. The van der Waals surface area contributed by atoms with Crippen LogP contribution in [0.1, 0.15) is 29.4 Å². The zero-order chi connectivity index (χ0) is 21.4. The molecule has 2 fully saturated rings. The van der Waals surface area contributed by atoms with Crippen molar-refractivity contribution in [3.05, 3.63) is 36.3 Å². The van der Waals surface area contributed by atoms with E-state index >= 15 is 0 Å². The minimum Gasteiger partial charge on any atom is -0.394 e. The number of aldehydes is 1. The van der Waals surface area contributed by atoms with Crippen LogP contribution >= 0.6 is 0 Å². The zero-order valence-electron chi connectivity index (χ0n) is 17.1. The van der Waals surface area contributed by atoms with Gasteiger partial charge in [0.2, 0.25) is 5.95 Å². The Hall–Kier alpha value is -2.98. The molecule has 1 saturated carbocycles. The monoisotopic (exact) mass is 417 g/mol. The molecule has 3 unspecified atom stereocenters. The van der Waals surface area contributed by atoms with Crippen molar-refractivity contribution < 1.29 is 9.90 Å². The summed E-state index contributed by atoms with van der Waals surface area (Å²) in [6, 6.07) is 5.63. The van der Waals surface area contributed by atoms with Gasteiger partial charge in [-0.3, -0.25) is 4.79 Å². The maximum atomic E-state index is 11.7. The molecule has 3 aromatic rings. The predicted octanol–water partition coefficient (Wildman–Crippen LogP) is 1.44. The lowest BCUT2D eigenvalue weighted by molar-refractivity contribution is 0.111. The molecule has 0 bridgehead atoms. The minimum absolute atomic E-state index is 0.0816. The van der Waals surface area contributed by atoms with Crippen LogP contribution in [0.3, 0.4) is 0 Å². The maximum Gasteiger partial charge on any atom is 0.230 e. The normalized spacial score (nSPS) is 23.9. The zero-order valence-corrected chi connectivity index (χ0v) is 17.1. The average Bonchev–Trinajstić information content (AvgIpc) is 3.33. The van der Waals surface area contributed by atoms with Gasteiger partial charge in [0.05, 0.1) is 31.5 Å². The quantitative estimate of drug-likeness (QED) is 0.423. The summed E-state index contributed by atoms with van der Waals surface area (Å²) in [5, 5.41) is 17.3. The highest BCUT2D eigenvalue weighted by atomic mass is 16.3. The summed E-state index contributed by atoms with van der Waals surface area (Å²) < 4.78 is 1.87. The van der Waals surface area contributed by atoms with E-state index in [4.69, 9.17) is 7.85 Å². The first kappa shape index (κ1) is 20.0. The Bertz CT molecular complexity index is 1070. The van der Waals surface area contributed by atoms with Gasteiger partial charge >= 0.3 is 0 Å². The third-order valence-electron chi connectivity index (χ3n) is 6.11. The first-order valence-corrected chi connectivity index (χ1v) is 10.6. The molecule has 158 valence electrons. The van der Waals surface area contributed by atoms with Crippen LogP contribution in [0, 0.1) is 0 Å². The summed E-state index contributed by atoms with van der Waals surface area (Å²) in [7, 11) is 6.00. The van der Waals surface area contributed by atoms with Crippen molar-refractivity contribution in [2.45, 2.75) is 30.8 Å². The Morgan fingerprint density at radius 2 is 2.03 bits per heavy atom. The van der Waals surface area contributed by atoms with Gasteiger partial charge in [0.15, 0.2) is 6.29 Å². The molecular weight excluding hydrogens is 393 g/mol. The SMILES string of the molecule is [B]C1CC(n2c(C=O)cc3cnc(Nc4ccc(N5CCNCC5)cn4)nc32)CC1O. The smallest absolute Gasteiger partial charge is 0.230 e. The first-order chi connectivity index (χ1) is 15.1. The Kier molecular flexibility index (Phi) is 5.33. The van der Waals surface area contributed by atoms with Crippen LogP contribution in [-0.4, -0.2) is 71.0 Å². The van der Waals surface area contributed by atoms with Gasteiger partial charge in [-0.2, -0.15) is 4.98 Å². The lowest BCUT2D eigenvalue weighted by Gasteiger charge is -2.29. The molecule has 0 spiro atoms. The highest BCUT2D eigenvalue weighted by molar-refractivity contribution is 6.12. The predicted molar refractivity (Wildman–Crippen MR) is 119 cm³/mol. The number of carbonyl (C=O) groups excluding carboxylic acids is 1. The van der Waals surface area contributed by atoms with Crippen LogP contribution in [0.2, 0.25) is 5.82 Å². The van der Waals surface area contributed by atoms with E-state index < -0.39 is 6.10 Å². The molecule has 3 N–H and O–H groups in total. The fraction of sp³-hybridized carbons (Fsp3) is 0.429.